The van der Waals surface area contributed by atoms with Gasteiger partial charge < -0.3 is 14.6 Å². The van der Waals surface area contributed by atoms with Gasteiger partial charge in [0.2, 0.25) is 0 Å². The molecular formula is C19H23NO6S. The predicted molar refractivity (Wildman–Crippen MR) is 102 cm³/mol. The molecule has 0 aliphatic heterocycles. The van der Waals surface area contributed by atoms with Crippen molar-refractivity contribution in [3.05, 3.63) is 47.0 Å². The number of anilines is 1. The lowest BCUT2D eigenvalue weighted by Gasteiger charge is -2.16. The van der Waals surface area contributed by atoms with Gasteiger partial charge in [0.25, 0.3) is 10.0 Å². The number of nitrogens with one attached hydrogen (secondary N) is 1. The average Bonchev–Trinajstić information content (AvgIpc) is 2.61. The lowest BCUT2D eigenvalue weighted by Crippen LogP contribution is -2.16. The van der Waals surface area contributed by atoms with Crippen LogP contribution in [-0.2, 0) is 10.0 Å². The summed E-state index contributed by atoms with van der Waals surface area (Å²) in [5.74, 6) is -0.703. The third kappa shape index (κ3) is 4.71. The van der Waals surface area contributed by atoms with Gasteiger partial charge in [-0.05, 0) is 61.7 Å². The second-order valence-corrected chi connectivity index (χ2v) is 7.71. The van der Waals surface area contributed by atoms with Gasteiger partial charge in [-0.1, -0.05) is 6.92 Å². The highest BCUT2D eigenvalue weighted by Crippen LogP contribution is 2.32. The number of ether oxygens (including phenoxy) is 2. The Bertz CT molecular complexity index is 953. The molecule has 2 aromatic rings. The largest absolute Gasteiger partial charge is 0.495 e. The number of sulfonamides is 1. The zero-order valence-corrected chi connectivity index (χ0v) is 16.5. The fourth-order valence-electron chi connectivity index (χ4n) is 2.41. The van der Waals surface area contributed by atoms with Crippen LogP contribution in [0.5, 0.6) is 11.5 Å². The number of carboxylic acids is 1. The van der Waals surface area contributed by atoms with Crippen LogP contribution < -0.4 is 14.2 Å². The number of hydrogen-bond donors (Lipinski definition) is 2. The molecule has 0 amide bonds. The van der Waals surface area contributed by atoms with Crippen molar-refractivity contribution in [3.63, 3.8) is 0 Å². The first kappa shape index (κ1) is 20.6. The number of benzene rings is 2. The Kier molecular flexibility index (Phi) is 6.32. The number of carbonyl (C=O) groups is 1. The first-order valence-electron chi connectivity index (χ1n) is 8.37. The van der Waals surface area contributed by atoms with Crippen molar-refractivity contribution in [1.29, 1.82) is 0 Å². The van der Waals surface area contributed by atoms with Gasteiger partial charge in [-0.15, -0.1) is 0 Å². The molecule has 0 aliphatic rings. The first-order chi connectivity index (χ1) is 12.7. The molecule has 7 nitrogen and oxygen atoms in total. The molecule has 2 N–H and O–H groups in total. The molecule has 0 bridgehead atoms. The van der Waals surface area contributed by atoms with Crippen molar-refractivity contribution in [3.8, 4) is 11.5 Å². The van der Waals surface area contributed by atoms with Gasteiger partial charge in [-0.25, -0.2) is 13.2 Å². The van der Waals surface area contributed by atoms with E-state index in [4.69, 9.17) is 9.47 Å². The Morgan fingerprint density at radius 2 is 1.78 bits per heavy atom. The molecule has 0 radical (unpaired) electrons. The van der Waals surface area contributed by atoms with Crippen LogP contribution in [0.3, 0.4) is 0 Å². The van der Waals surface area contributed by atoms with Crippen molar-refractivity contribution >= 4 is 21.7 Å². The number of methoxy groups -OCH3 is 1. The predicted octanol–water partition coefficient (Wildman–Crippen LogP) is 3.60. The van der Waals surface area contributed by atoms with Crippen molar-refractivity contribution in [2.45, 2.75) is 32.1 Å². The van der Waals surface area contributed by atoms with E-state index in [0.717, 1.165) is 17.5 Å². The van der Waals surface area contributed by atoms with Crippen LogP contribution in [0.2, 0.25) is 0 Å². The number of aromatic carboxylic acids is 1. The van der Waals surface area contributed by atoms with Crippen LogP contribution in [-0.4, -0.2) is 33.2 Å². The smallest absolute Gasteiger partial charge is 0.335 e. The summed E-state index contributed by atoms with van der Waals surface area (Å²) in [7, 11) is -2.64. The summed E-state index contributed by atoms with van der Waals surface area (Å²) in [6.45, 7) is 5.94. The number of rotatable bonds is 8. The third-order valence-corrected chi connectivity index (χ3v) is 5.39. The molecule has 146 valence electrons. The monoisotopic (exact) mass is 393 g/mol. The topological polar surface area (TPSA) is 102 Å². The molecule has 0 saturated heterocycles. The second-order valence-electron chi connectivity index (χ2n) is 6.06. The van der Waals surface area contributed by atoms with Gasteiger partial charge in [0.1, 0.15) is 16.4 Å². The van der Waals surface area contributed by atoms with Crippen molar-refractivity contribution in [2.24, 2.45) is 0 Å². The zero-order chi connectivity index (χ0) is 20.2. The maximum Gasteiger partial charge on any atom is 0.335 e. The van der Waals surface area contributed by atoms with E-state index >= 15 is 0 Å². The zero-order valence-electron chi connectivity index (χ0n) is 15.7. The molecule has 0 aliphatic carbocycles. The van der Waals surface area contributed by atoms with Crippen molar-refractivity contribution < 1.29 is 27.8 Å². The minimum Gasteiger partial charge on any atom is -0.495 e. The van der Waals surface area contributed by atoms with Crippen LogP contribution >= 0.6 is 0 Å². The normalized spacial score (nSPS) is 11.1. The van der Waals surface area contributed by atoms with Crippen LogP contribution in [0.4, 0.5) is 5.69 Å². The van der Waals surface area contributed by atoms with Crippen molar-refractivity contribution in [1.82, 2.24) is 0 Å². The quantitative estimate of drug-likeness (QED) is 0.710. The fraction of sp³-hybridized carbons (Fsp3) is 0.316. The van der Waals surface area contributed by atoms with Gasteiger partial charge in [0.15, 0.2) is 0 Å². The lowest BCUT2D eigenvalue weighted by atomic mass is 10.1. The van der Waals surface area contributed by atoms with Crippen LogP contribution in [0.15, 0.2) is 35.2 Å². The van der Waals surface area contributed by atoms with Gasteiger partial charge in [0.05, 0.1) is 25.0 Å². The third-order valence-electron chi connectivity index (χ3n) is 4.00. The summed E-state index contributed by atoms with van der Waals surface area (Å²) in [5, 5.41) is 9.20. The SMILES string of the molecule is CCCOc1ccc(C(=O)O)cc1NS(=O)(=O)c1cc(C)c(C)cc1OC. The first-order valence-corrected chi connectivity index (χ1v) is 9.86. The van der Waals surface area contributed by atoms with E-state index in [9.17, 15) is 18.3 Å². The molecule has 2 aromatic carbocycles. The highest BCUT2D eigenvalue weighted by molar-refractivity contribution is 7.92. The highest BCUT2D eigenvalue weighted by atomic mass is 32.2. The molecule has 0 heterocycles. The van der Waals surface area contributed by atoms with Crippen LogP contribution in [0.25, 0.3) is 0 Å². The van der Waals surface area contributed by atoms with E-state index in [0.29, 0.717) is 6.61 Å². The van der Waals surface area contributed by atoms with Crippen LogP contribution in [0, 0.1) is 13.8 Å². The highest BCUT2D eigenvalue weighted by Gasteiger charge is 2.23. The Labute approximate surface area is 159 Å². The van der Waals surface area contributed by atoms with Crippen LogP contribution in [0.1, 0.15) is 34.8 Å². The summed E-state index contributed by atoms with van der Waals surface area (Å²) in [5.41, 5.74) is 1.69. The van der Waals surface area contributed by atoms with E-state index in [-0.39, 0.29) is 27.6 Å². The van der Waals surface area contributed by atoms with E-state index in [1.807, 2.05) is 13.8 Å². The summed E-state index contributed by atoms with van der Waals surface area (Å²) in [4.78, 5) is 11.2. The standard InChI is InChI=1S/C19H23NO6S/c1-5-8-26-16-7-6-14(19(21)22)11-15(16)20-27(23,24)18-10-13(3)12(2)9-17(18)25-4/h6-7,9-11,20H,5,8H2,1-4H3,(H,21,22). The van der Waals surface area contributed by atoms with E-state index in [1.54, 1.807) is 13.0 Å². The molecule has 0 atom stereocenters. The van der Waals surface area contributed by atoms with E-state index < -0.39 is 16.0 Å². The van der Waals surface area contributed by atoms with Gasteiger partial charge in [-0.2, -0.15) is 0 Å². The molecule has 0 saturated carbocycles. The van der Waals surface area contributed by atoms with Gasteiger partial charge in [0, 0.05) is 0 Å². The summed E-state index contributed by atoms with van der Waals surface area (Å²) < 4.78 is 39.1. The summed E-state index contributed by atoms with van der Waals surface area (Å²) >= 11 is 0. The Morgan fingerprint density at radius 3 is 2.37 bits per heavy atom. The maximum absolute atomic E-state index is 13.0. The number of aryl methyl sites for hydroxylation is 2. The van der Waals surface area contributed by atoms with E-state index in [2.05, 4.69) is 4.72 Å². The maximum atomic E-state index is 13.0. The fourth-order valence-corrected chi connectivity index (χ4v) is 3.71. The number of hydrogen-bond acceptors (Lipinski definition) is 5. The van der Waals surface area contributed by atoms with E-state index in [1.165, 1.54) is 31.4 Å². The molecular weight excluding hydrogens is 370 g/mol. The van der Waals surface area contributed by atoms with Crippen molar-refractivity contribution in [2.75, 3.05) is 18.4 Å². The summed E-state index contributed by atoms with van der Waals surface area (Å²) in [6.07, 6.45) is 0.720. The Morgan fingerprint density at radius 1 is 1.11 bits per heavy atom. The summed E-state index contributed by atoms with van der Waals surface area (Å²) in [6, 6.07) is 7.20. The molecule has 2 rings (SSSR count). The molecule has 0 unspecified atom stereocenters. The molecule has 0 aromatic heterocycles. The van der Waals surface area contributed by atoms with Gasteiger partial charge >= 0.3 is 5.97 Å². The minimum atomic E-state index is -4.03. The average molecular weight is 393 g/mol. The molecule has 0 spiro atoms. The number of carboxylic acid groups (broad SMARTS) is 1. The Hall–Kier alpha value is -2.74. The van der Waals surface area contributed by atoms with Gasteiger partial charge in [-0.3, -0.25) is 4.72 Å². The second kappa shape index (κ2) is 8.30. The minimum absolute atomic E-state index is 0.0322. The molecule has 0 fully saturated rings. The Balaban J connectivity index is 2.52. The molecule has 27 heavy (non-hydrogen) atoms. The lowest BCUT2D eigenvalue weighted by molar-refractivity contribution is 0.0697. The molecule has 8 heteroatoms.